The van der Waals surface area contributed by atoms with Crippen LogP contribution in [0.4, 0.5) is 0 Å². The first-order valence-electron chi connectivity index (χ1n) is 8.69. The van der Waals surface area contributed by atoms with Crippen LogP contribution in [0, 0.1) is 5.41 Å². The molecule has 4 heteroatoms. The second-order valence-electron chi connectivity index (χ2n) is 7.34. The number of hydrogen-bond acceptors (Lipinski definition) is 2. The number of carbonyl (C=O) groups is 2. The molecule has 0 aromatic rings. The molecule has 2 saturated carbocycles. The van der Waals surface area contributed by atoms with Gasteiger partial charge < -0.3 is 10.2 Å². The zero-order chi connectivity index (χ0) is 15.1. The number of carbonyl (C=O) groups excluding carboxylic acids is 2. The lowest BCUT2D eigenvalue weighted by molar-refractivity contribution is -0.158. The third-order valence-electron chi connectivity index (χ3n) is 6.23. The topological polar surface area (TPSA) is 49.4 Å². The lowest BCUT2D eigenvalue weighted by Gasteiger charge is -2.50. The van der Waals surface area contributed by atoms with Crippen LogP contribution in [0.5, 0.6) is 0 Å². The van der Waals surface area contributed by atoms with Gasteiger partial charge in [0.15, 0.2) is 0 Å². The Morgan fingerprint density at radius 1 is 1.10 bits per heavy atom. The van der Waals surface area contributed by atoms with E-state index in [9.17, 15) is 9.59 Å². The second-order valence-corrected chi connectivity index (χ2v) is 7.34. The molecular formula is C17H28N2O2. The van der Waals surface area contributed by atoms with Crippen molar-refractivity contribution in [3.05, 3.63) is 0 Å². The standard InChI is InChI=1S/C17H28N2O2/c1-3-13-14(20)18-17(10-5-6-11-17)15(21)19(13)12-16(4-2)8-7-9-16/h13H,3-12H2,1-2H3,(H,18,20). The number of nitrogens with zero attached hydrogens (tertiary/aromatic N) is 1. The molecule has 118 valence electrons. The molecular weight excluding hydrogens is 264 g/mol. The SMILES string of the molecule is CCC1C(=O)NC2(CCCC2)C(=O)N1CC1(CC)CCC1. The minimum atomic E-state index is -0.568. The molecule has 21 heavy (non-hydrogen) atoms. The molecule has 1 atom stereocenters. The highest BCUT2D eigenvalue weighted by molar-refractivity contribution is 6.00. The van der Waals surface area contributed by atoms with Crippen LogP contribution in [0.2, 0.25) is 0 Å². The summed E-state index contributed by atoms with van der Waals surface area (Å²) in [5, 5.41) is 3.08. The summed E-state index contributed by atoms with van der Waals surface area (Å²) in [4.78, 5) is 27.6. The Morgan fingerprint density at radius 2 is 1.76 bits per heavy atom. The van der Waals surface area contributed by atoms with Gasteiger partial charge in [-0.05, 0) is 43.9 Å². The van der Waals surface area contributed by atoms with E-state index in [4.69, 9.17) is 0 Å². The first-order valence-corrected chi connectivity index (χ1v) is 8.69. The van der Waals surface area contributed by atoms with Crippen LogP contribution in [-0.4, -0.2) is 34.8 Å². The Kier molecular flexibility index (Phi) is 3.74. The summed E-state index contributed by atoms with van der Waals surface area (Å²) >= 11 is 0. The van der Waals surface area contributed by atoms with Crippen molar-refractivity contribution in [3.63, 3.8) is 0 Å². The lowest BCUT2D eigenvalue weighted by Crippen LogP contribution is -2.70. The molecule has 0 aromatic heterocycles. The molecule has 1 unspecified atom stereocenters. The van der Waals surface area contributed by atoms with Gasteiger partial charge in [-0.1, -0.05) is 33.1 Å². The van der Waals surface area contributed by atoms with Gasteiger partial charge in [-0.15, -0.1) is 0 Å². The third-order valence-corrected chi connectivity index (χ3v) is 6.23. The van der Waals surface area contributed by atoms with Gasteiger partial charge in [0, 0.05) is 6.54 Å². The molecule has 0 radical (unpaired) electrons. The minimum Gasteiger partial charge on any atom is -0.340 e. The summed E-state index contributed by atoms with van der Waals surface area (Å²) in [5.74, 6) is 0.274. The Balaban J connectivity index is 1.86. The molecule has 2 amide bonds. The van der Waals surface area contributed by atoms with E-state index in [1.807, 2.05) is 11.8 Å². The zero-order valence-electron chi connectivity index (χ0n) is 13.4. The van der Waals surface area contributed by atoms with Crippen molar-refractivity contribution >= 4 is 11.8 Å². The summed E-state index contributed by atoms with van der Waals surface area (Å²) in [6.07, 6.45) is 9.26. The summed E-state index contributed by atoms with van der Waals surface area (Å²) in [5.41, 5.74) is -0.290. The molecule has 0 bridgehead atoms. The van der Waals surface area contributed by atoms with E-state index >= 15 is 0 Å². The second kappa shape index (κ2) is 5.29. The Morgan fingerprint density at radius 3 is 2.24 bits per heavy atom. The predicted molar refractivity (Wildman–Crippen MR) is 81.7 cm³/mol. The van der Waals surface area contributed by atoms with Gasteiger partial charge in [-0.3, -0.25) is 9.59 Å². The fourth-order valence-corrected chi connectivity index (χ4v) is 4.50. The van der Waals surface area contributed by atoms with Crippen LogP contribution in [0.1, 0.15) is 71.6 Å². The Bertz CT molecular complexity index is 431. The van der Waals surface area contributed by atoms with E-state index in [2.05, 4.69) is 12.2 Å². The summed E-state index contributed by atoms with van der Waals surface area (Å²) in [7, 11) is 0. The average molecular weight is 292 g/mol. The van der Waals surface area contributed by atoms with Crippen LogP contribution < -0.4 is 5.32 Å². The van der Waals surface area contributed by atoms with E-state index in [0.717, 1.165) is 38.6 Å². The van der Waals surface area contributed by atoms with E-state index in [1.54, 1.807) is 0 Å². The zero-order valence-corrected chi connectivity index (χ0v) is 13.4. The van der Waals surface area contributed by atoms with Gasteiger partial charge >= 0.3 is 0 Å². The van der Waals surface area contributed by atoms with Crippen molar-refractivity contribution < 1.29 is 9.59 Å². The highest BCUT2D eigenvalue weighted by atomic mass is 16.2. The Hall–Kier alpha value is -1.06. The van der Waals surface area contributed by atoms with Crippen molar-refractivity contribution in [2.75, 3.05) is 6.54 Å². The average Bonchev–Trinajstić information content (AvgIpc) is 2.89. The molecule has 1 saturated heterocycles. The first-order chi connectivity index (χ1) is 10.1. The predicted octanol–water partition coefficient (Wildman–Crippen LogP) is 2.62. The lowest BCUT2D eigenvalue weighted by atomic mass is 9.66. The van der Waals surface area contributed by atoms with Crippen LogP contribution in [-0.2, 0) is 9.59 Å². The van der Waals surface area contributed by atoms with E-state index in [-0.39, 0.29) is 23.3 Å². The fraction of sp³-hybridized carbons (Fsp3) is 0.882. The highest BCUT2D eigenvalue weighted by Gasteiger charge is 2.53. The molecule has 1 N–H and O–H groups in total. The summed E-state index contributed by atoms with van der Waals surface area (Å²) in [6.45, 7) is 5.02. The van der Waals surface area contributed by atoms with E-state index in [0.29, 0.717) is 6.42 Å². The number of hydrogen-bond donors (Lipinski definition) is 1. The van der Waals surface area contributed by atoms with Crippen molar-refractivity contribution in [3.8, 4) is 0 Å². The molecule has 3 aliphatic rings. The Labute approximate surface area is 127 Å². The van der Waals surface area contributed by atoms with Crippen molar-refractivity contribution in [2.45, 2.75) is 83.2 Å². The van der Waals surface area contributed by atoms with Crippen LogP contribution in [0.3, 0.4) is 0 Å². The maximum absolute atomic E-state index is 13.1. The molecule has 1 aliphatic heterocycles. The molecule has 1 spiro atoms. The number of nitrogens with one attached hydrogen (secondary N) is 1. The molecule has 3 fully saturated rings. The first kappa shape index (κ1) is 14.9. The van der Waals surface area contributed by atoms with E-state index < -0.39 is 5.54 Å². The molecule has 1 heterocycles. The maximum atomic E-state index is 13.1. The molecule has 0 aromatic carbocycles. The fourth-order valence-electron chi connectivity index (χ4n) is 4.50. The third kappa shape index (κ3) is 2.27. The minimum absolute atomic E-state index is 0.0737. The summed E-state index contributed by atoms with van der Waals surface area (Å²) in [6, 6.07) is -0.257. The smallest absolute Gasteiger partial charge is 0.249 e. The molecule has 2 aliphatic carbocycles. The van der Waals surface area contributed by atoms with E-state index in [1.165, 1.54) is 19.3 Å². The van der Waals surface area contributed by atoms with Gasteiger partial charge in [-0.25, -0.2) is 0 Å². The maximum Gasteiger partial charge on any atom is 0.249 e. The molecule has 3 rings (SSSR count). The molecule has 4 nitrogen and oxygen atoms in total. The largest absolute Gasteiger partial charge is 0.340 e. The van der Waals surface area contributed by atoms with Crippen LogP contribution in [0.15, 0.2) is 0 Å². The normalized spacial score (nSPS) is 30.4. The highest BCUT2D eigenvalue weighted by Crippen LogP contribution is 2.46. The number of piperazine rings is 1. The quantitative estimate of drug-likeness (QED) is 0.866. The van der Waals surface area contributed by atoms with Gasteiger partial charge in [0.2, 0.25) is 11.8 Å². The van der Waals surface area contributed by atoms with Crippen molar-refractivity contribution in [1.82, 2.24) is 10.2 Å². The van der Waals surface area contributed by atoms with Gasteiger partial charge in [0.25, 0.3) is 0 Å². The van der Waals surface area contributed by atoms with Gasteiger partial charge in [0.05, 0.1) is 0 Å². The number of amides is 2. The summed E-state index contributed by atoms with van der Waals surface area (Å²) < 4.78 is 0. The van der Waals surface area contributed by atoms with Crippen LogP contribution in [0.25, 0.3) is 0 Å². The van der Waals surface area contributed by atoms with Gasteiger partial charge in [0.1, 0.15) is 11.6 Å². The van der Waals surface area contributed by atoms with Gasteiger partial charge in [-0.2, -0.15) is 0 Å². The van der Waals surface area contributed by atoms with Crippen molar-refractivity contribution in [2.24, 2.45) is 5.41 Å². The van der Waals surface area contributed by atoms with Crippen LogP contribution >= 0.6 is 0 Å². The number of rotatable bonds is 4. The van der Waals surface area contributed by atoms with Crippen molar-refractivity contribution in [1.29, 1.82) is 0 Å². The monoisotopic (exact) mass is 292 g/mol.